The van der Waals surface area contributed by atoms with Crippen molar-refractivity contribution in [2.45, 2.75) is 92.4 Å². The van der Waals surface area contributed by atoms with Crippen molar-refractivity contribution in [3.05, 3.63) is 100 Å². The molecular weight excluding hydrogens is 610 g/mol. The molecule has 258 valence electrons. The number of halogens is 2. The van der Waals surface area contributed by atoms with Gasteiger partial charge in [0.25, 0.3) is 11.8 Å². The van der Waals surface area contributed by atoms with Crippen molar-refractivity contribution in [2.24, 2.45) is 14.1 Å². The van der Waals surface area contributed by atoms with Crippen molar-refractivity contribution >= 4 is 28.8 Å². The minimum Gasteiger partial charge on any atom is -0.322 e. The molecule has 2 amide bonds. The average Bonchev–Trinajstić information content (AvgIpc) is 3.47. The van der Waals surface area contributed by atoms with Crippen molar-refractivity contribution in [1.82, 2.24) is 19.6 Å². The Kier molecular flexibility index (Phi) is 14.3. The van der Waals surface area contributed by atoms with Gasteiger partial charge in [0.15, 0.2) is 0 Å². The SMILES string of the molecule is CCCC/C=C(/C)c1ccccc1NC(=O)c1c(C)nn(C)c1F.CCCCCC(C)c1ccccc1NC(=O)c1c(C)nn(C)c1F. The number of allylic oxidation sites excluding steroid dienone is 2. The van der Waals surface area contributed by atoms with E-state index in [2.05, 4.69) is 47.7 Å². The summed E-state index contributed by atoms with van der Waals surface area (Å²) in [5, 5.41) is 13.6. The number of benzene rings is 2. The fraction of sp³-hybridized carbons (Fsp3) is 0.421. The minimum atomic E-state index is -0.627. The second-order valence-electron chi connectivity index (χ2n) is 12.2. The Morgan fingerprint density at radius 3 is 1.81 bits per heavy atom. The summed E-state index contributed by atoms with van der Waals surface area (Å²) in [5.41, 5.74) is 5.31. The third-order valence-electron chi connectivity index (χ3n) is 8.35. The molecule has 2 heterocycles. The smallest absolute Gasteiger partial charge is 0.262 e. The van der Waals surface area contributed by atoms with Gasteiger partial charge in [-0.2, -0.15) is 19.0 Å². The highest BCUT2D eigenvalue weighted by molar-refractivity contribution is 6.06. The molecule has 0 spiro atoms. The number of hydrogen-bond acceptors (Lipinski definition) is 4. The number of rotatable bonds is 13. The van der Waals surface area contributed by atoms with Crippen LogP contribution in [0, 0.1) is 25.7 Å². The minimum absolute atomic E-state index is 0.00550. The van der Waals surface area contributed by atoms with Crippen molar-refractivity contribution < 1.29 is 18.4 Å². The zero-order valence-corrected chi connectivity index (χ0v) is 29.6. The maximum Gasteiger partial charge on any atom is 0.262 e. The van der Waals surface area contributed by atoms with Gasteiger partial charge in [-0.25, -0.2) is 9.36 Å². The normalized spacial score (nSPS) is 11.9. The summed E-state index contributed by atoms with van der Waals surface area (Å²) in [6.45, 7) is 11.8. The molecule has 2 aromatic heterocycles. The van der Waals surface area contributed by atoms with Crippen LogP contribution < -0.4 is 10.6 Å². The largest absolute Gasteiger partial charge is 0.322 e. The first-order chi connectivity index (χ1) is 22.9. The molecule has 4 rings (SSSR count). The second kappa shape index (κ2) is 18.1. The summed E-state index contributed by atoms with van der Waals surface area (Å²) in [4.78, 5) is 25.0. The number of unbranched alkanes of at least 4 members (excludes halogenated alkanes) is 4. The maximum absolute atomic E-state index is 14.1. The summed E-state index contributed by atoms with van der Waals surface area (Å²) >= 11 is 0. The van der Waals surface area contributed by atoms with Crippen LogP contribution in [-0.4, -0.2) is 31.4 Å². The Morgan fingerprint density at radius 1 is 0.792 bits per heavy atom. The molecule has 4 aromatic rings. The number of nitrogens with one attached hydrogen (secondary N) is 2. The van der Waals surface area contributed by atoms with E-state index in [9.17, 15) is 18.4 Å². The predicted octanol–water partition coefficient (Wildman–Crippen LogP) is 9.52. The van der Waals surface area contributed by atoms with E-state index >= 15 is 0 Å². The molecule has 1 unspecified atom stereocenters. The highest BCUT2D eigenvalue weighted by Crippen LogP contribution is 2.29. The van der Waals surface area contributed by atoms with E-state index in [4.69, 9.17) is 0 Å². The van der Waals surface area contributed by atoms with E-state index < -0.39 is 23.7 Å². The van der Waals surface area contributed by atoms with Gasteiger partial charge in [0.1, 0.15) is 11.1 Å². The van der Waals surface area contributed by atoms with Crippen LogP contribution >= 0.6 is 0 Å². The van der Waals surface area contributed by atoms with Gasteiger partial charge >= 0.3 is 0 Å². The lowest BCUT2D eigenvalue weighted by atomic mass is 9.93. The Balaban J connectivity index is 0.000000260. The van der Waals surface area contributed by atoms with Crippen LogP contribution in [0.4, 0.5) is 20.2 Å². The van der Waals surface area contributed by atoms with Gasteiger partial charge in [-0.3, -0.25) is 9.59 Å². The molecule has 0 radical (unpaired) electrons. The highest BCUT2D eigenvalue weighted by atomic mass is 19.1. The molecule has 0 saturated heterocycles. The van der Waals surface area contributed by atoms with E-state index in [1.807, 2.05) is 55.5 Å². The monoisotopic (exact) mass is 660 g/mol. The molecule has 48 heavy (non-hydrogen) atoms. The zero-order chi connectivity index (χ0) is 35.4. The number of carbonyl (C=O) groups is 2. The summed E-state index contributed by atoms with van der Waals surface area (Å²) in [6, 6.07) is 15.3. The number of aryl methyl sites for hydroxylation is 4. The van der Waals surface area contributed by atoms with Crippen molar-refractivity contribution in [3.8, 4) is 0 Å². The van der Waals surface area contributed by atoms with E-state index in [0.29, 0.717) is 23.0 Å². The molecule has 2 N–H and O–H groups in total. The summed E-state index contributed by atoms with van der Waals surface area (Å²) in [6.07, 6.45) is 10.1. The lowest BCUT2D eigenvalue weighted by Crippen LogP contribution is -2.16. The highest BCUT2D eigenvalue weighted by Gasteiger charge is 2.23. The van der Waals surface area contributed by atoms with Crippen molar-refractivity contribution in [3.63, 3.8) is 0 Å². The molecule has 0 aliphatic heterocycles. The van der Waals surface area contributed by atoms with Crippen LogP contribution in [0.25, 0.3) is 5.57 Å². The molecule has 2 aromatic carbocycles. The Morgan fingerprint density at radius 2 is 1.29 bits per heavy atom. The first-order valence-corrected chi connectivity index (χ1v) is 16.8. The van der Waals surface area contributed by atoms with Crippen LogP contribution in [0.2, 0.25) is 0 Å². The van der Waals surface area contributed by atoms with Gasteiger partial charge in [0.2, 0.25) is 11.9 Å². The standard InChI is InChI=1S/C19H26FN3O.C19H24FN3O/c2*1-5-6-7-10-13(2)15-11-8-9-12-16(15)21-19(24)17-14(3)22-23(4)18(17)20/h8-9,11-13H,5-7,10H2,1-4H3,(H,21,24);8-12H,5-7H2,1-4H3,(H,21,24)/b;13-10-. The molecule has 8 nitrogen and oxygen atoms in total. The van der Waals surface area contributed by atoms with E-state index in [1.54, 1.807) is 13.8 Å². The van der Waals surface area contributed by atoms with Crippen LogP contribution in [0.5, 0.6) is 0 Å². The van der Waals surface area contributed by atoms with Crippen LogP contribution in [-0.2, 0) is 14.1 Å². The quantitative estimate of drug-likeness (QED) is 0.140. The lowest BCUT2D eigenvalue weighted by Gasteiger charge is -2.17. The second-order valence-corrected chi connectivity index (χ2v) is 12.2. The Bertz CT molecular complexity index is 1720. The summed E-state index contributed by atoms with van der Waals surface area (Å²) in [7, 11) is 2.97. The predicted molar refractivity (Wildman–Crippen MR) is 190 cm³/mol. The molecule has 10 heteroatoms. The Hall–Kier alpha value is -4.60. The fourth-order valence-corrected chi connectivity index (χ4v) is 5.61. The average molecular weight is 661 g/mol. The maximum atomic E-state index is 14.1. The van der Waals surface area contributed by atoms with Gasteiger partial charge < -0.3 is 10.6 Å². The number of aromatic nitrogens is 4. The molecule has 0 aliphatic carbocycles. The van der Waals surface area contributed by atoms with Gasteiger partial charge in [-0.1, -0.05) is 95.3 Å². The van der Waals surface area contributed by atoms with Gasteiger partial charge in [0.05, 0.1) is 11.4 Å². The van der Waals surface area contributed by atoms with Gasteiger partial charge in [0, 0.05) is 31.0 Å². The number of carbonyl (C=O) groups excluding carboxylic acids is 2. The molecule has 1 atom stereocenters. The number of anilines is 2. The third-order valence-corrected chi connectivity index (χ3v) is 8.35. The van der Waals surface area contributed by atoms with E-state index in [-0.39, 0.29) is 11.1 Å². The number of amides is 2. The van der Waals surface area contributed by atoms with Crippen LogP contribution in [0.3, 0.4) is 0 Å². The number of para-hydroxylation sites is 2. The first-order valence-electron chi connectivity index (χ1n) is 16.8. The van der Waals surface area contributed by atoms with Crippen molar-refractivity contribution in [1.29, 1.82) is 0 Å². The molecule has 0 aliphatic rings. The topological polar surface area (TPSA) is 93.8 Å². The van der Waals surface area contributed by atoms with Crippen molar-refractivity contribution in [2.75, 3.05) is 10.6 Å². The summed E-state index contributed by atoms with van der Waals surface area (Å²) < 4.78 is 30.3. The van der Waals surface area contributed by atoms with E-state index in [1.165, 1.54) is 26.9 Å². The number of nitrogens with zero attached hydrogens (tertiary/aromatic N) is 4. The van der Waals surface area contributed by atoms with E-state index in [0.717, 1.165) is 63.9 Å². The van der Waals surface area contributed by atoms with Gasteiger partial charge in [-0.05, 0) is 62.8 Å². The molecule has 0 fully saturated rings. The first kappa shape index (κ1) is 37.9. The zero-order valence-electron chi connectivity index (χ0n) is 29.6. The molecular formula is C38H50F2N6O2. The third kappa shape index (κ3) is 9.71. The van der Waals surface area contributed by atoms with Gasteiger partial charge in [-0.15, -0.1) is 0 Å². The summed E-state index contributed by atoms with van der Waals surface area (Å²) in [5.74, 6) is -1.83. The van der Waals surface area contributed by atoms with Crippen LogP contribution in [0.15, 0.2) is 54.6 Å². The fourth-order valence-electron chi connectivity index (χ4n) is 5.61. The van der Waals surface area contributed by atoms with Crippen LogP contribution in [0.1, 0.15) is 122 Å². The molecule has 0 bridgehead atoms. The number of hydrogen-bond donors (Lipinski definition) is 2. The molecule has 0 saturated carbocycles. The Labute approximate surface area is 283 Å². The lowest BCUT2D eigenvalue weighted by molar-refractivity contribution is 0.101.